The second-order valence-corrected chi connectivity index (χ2v) is 2.19. The Morgan fingerprint density at radius 1 is 1.67 bits per heavy atom. The molecule has 9 heavy (non-hydrogen) atoms. The summed E-state index contributed by atoms with van der Waals surface area (Å²) in [5.41, 5.74) is 0. The summed E-state index contributed by atoms with van der Waals surface area (Å²) in [4.78, 5) is 0. The van der Waals surface area contributed by atoms with Crippen LogP contribution in [-0.2, 0) is 0 Å². The van der Waals surface area contributed by atoms with Crippen LogP contribution in [0.3, 0.4) is 0 Å². The van der Waals surface area contributed by atoms with Crippen LogP contribution >= 0.6 is 0 Å². The summed E-state index contributed by atoms with van der Waals surface area (Å²) in [6.45, 7) is 2.25. The van der Waals surface area contributed by atoms with Gasteiger partial charge in [0, 0.05) is 5.92 Å². The van der Waals surface area contributed by atoms with Crippen LogP contribution < -0.4 is 0 Å². The summed E-state index contributed by atoms with van der Waals surface area (Å²) in [6, 6.07) is 0. The van der Waals surface area contributed by atoms with E-state index >= 15 is 0 Å². The van der Waals surface area contributed by atoms with Crippen LogP contribution in [0.4, 0.5) is 0 Å². The van der Waals surface area contributed by atoms with Crippen molar-refractivity contribution in [3.63, 3.8) is 0 Å². The minimum absolute atomic E-state index is 0.0879. The van der Waals surface area contributed by atoms with Crippen LogP contribution in [0.15, 0.2) is 0 Å². The molecule has 1 heteroatoms. The molecule has 1 N–H and O–H groups in total. The maximum Gasteiger partial charge on any atom is 0.0568 e. The van der Waals surface area contributed by atoms with Crippen molar-refractivity contribution in [2.75, 3.05) is 6.61 Å². The quantitative estimate of drug-likeness (QED) is 0.565. The number of unbranched alkanes of at least 4 members (excludes halogenated alkanes) is 1. The molecule has 0 heterocycles. The van der Waals surface area contributed by atoms with Gasteiger partial charge in [-0.2, -0.15) is 0 Å². The van der Waals surface area contributed by atoms with Crippen molar-refractivity contribution in [2.24, 2.45) is 5.92 Å². The zero-order valence-corrected chi connectivity index (χ0v) is 5.93. The van der Waals surface area contributed by atoms with Crippen molar-refractivity contribution < 1.29 is 5.11 Å². The van der Waals surface area contributed by atoms with Gasteiger partial charge < -0.3 is 5.11 Å². The molecule has 52 valence electrons. The van der Waals surface area contributed by atoms with Crippen molar-refractivity contribution in [1.82, 2.24) is 0 Å². The third-order valence-electron chi connectivity index (χ3n) is 1.36. The standard InChI is InChI=1S/C8H14O/c1-3-5-6-8(4-2)7-9/h2,8-9H,3,5-7H2,1H3. The first-order valence-corrected chi connectivity index (χ1v) is 3.42. The predicted octanol–water partition coefficient (Wildman–Crippen LogP) is 1.42. The fourth-order valence-electron chi connectivity index (χ4n) is 0.678. The van der Waals surface area contributed by atoms with Crippen LogP contribution in [0.25, 0.3) is 0 Å². The second kappa shape index (κ2) is 5.65. The molecule has 0 aromatic carbocycles. The normalized spacial score (nSPS) is 12.6. The fraction of sp³-hybridized carbons (Fsp3) is 0.750. The highest BCUT2D eigenvalue weighted by Crippen LogP contribution is 2.05. The van der Waals surface area contributed by atoms with E-state index in [1.165, 1.54) is 0 Å². The van der Waals surface area contributed by atoms with Gasteiger partial charge in [-0.15, -0.1) is 12.3 Å². The Morgan fingerprint density at radius 2 is 2.33 bits per heavy atom. The van der Waals surface area contributed by atoms with Gasteiger partial charge in [-0.25, -0.2) is 0 Å². The van der Waals surface area contributed by atoms with E-state index in [2.05, 4.69) is 12.8 Å². The SMILES string of the molecule is C#CC(CO)CCCC. The first-order valence-electron chi connectivity index (χ1n) is 3.42. The highest BCUT2D eigenvalue weighted by atomic mass is 16.3. The van der Waals surface area contributed by atoms with Crippen LogP contribution in [-0.4, -0.2) is 11.7 Å². The molecule has 0 aliphatic carbocycles. The lowest BCUT2D eigenvalue weighted by Crippen LogP contribution is -2.01. The first kappa shape index (κ1) is 8.52. The Hall–Kier alpha value is -0.480. The van der Waals surface area contributed by atoms with E-state index in [1.807, 2.05) is 0 Å². The van der Waals surface area contributed by atoms with Gasteiger partial charge in [0.2, 0.25) is 0 Å². The highest BCUT2D eigenvalue weighted by molar-refractivity contribution is 4.92. The number of hydrogen-bond donors (Lipinski definition) is 1. The molecule has 0 aromatic rings. The molecular formula is C8H14O. The van der Waals surface area contributed by atoms with Crippen molar-refractivity contribution in [3.05, 3.63) is 0 Å². The molecule has 1 atom stereocenters. The lowest BCUT2D eigenvalue weighted by molar-refractivity contribution is 0.249. The number of rotatable bonds is 4. The number of aliphatic hydroxyl groups excluding tert-OH is 1. The lowest BCUT2D eigenvalue weighted by Gasteiger charge is -2.03. The molecule has 0 amide bonds. The monoisotopic (exact) mass is 126 g/mol. The predicted molar refractivity (Wildman–Crippen MR) is 38.9 cm³/mol. The minimum Gasteiger partial charge on any atom is -0.395 e. The highest BCUT2D eigenvalue weighted by Gasteiger charge is 1.99. The van der Waals surface area contributed by atoms with Crippen LogP contribution in [0.5, 0.6) is 0 Å². The molecular weight excluding hydrogens is 112 g/mol. The fourth-order valence-corrected chi connectivity index (χ4v) is 0.678. The average molecular weight is 126 g/mol. The van der Waals surface area contributed by atoms with Gasteiger partial charge in [0.1, 0.15) is 0 Å². The molecule has 0 saturated heterocycles. The first-order chi connectivity index (χ1) is 4.35. The molecule has 0 saturated carbocycles. The average Bonchev–Trinajstić information content (AvgIpc) is 1.91. The molecule has 0 fully saturated rings. The van der Waals surface area contributed by atoms with Gasteiger partial charge in [0.25, 0.3) is 0 Å². The van der Waals surface area contributed by atoms with Crippen LogP contribution in [0, 0.1) is 18.3 Å². The Balaban J connectivity index is 3.23. The zero-order chi connectivity index (χ0) is 7.11. The van der Waals surface area contributed by atoms with Crippen molar-refractivity contribution in [1.29, 1.82) is 0 Å². The van der Waals surface area contributed by atoms with Gasteiger partial charge in [-0.3, -0.25) is 0 Å². The summed E-state index contributed by atoms with van der Waals surface area (Å²) < 4.78 is 0. The van der Waals surface area contributed by atoms with E-state index in [-0.39, 0.29) is 12.5 Å². The molecule has 1 nitrogen and oxygen atoms in total. The second-order valence-electron chi connectivity index (χ2n) is 2.19. The summed E-state index contributed by atoms with van der Waals surface area (Å²) in [7, 11) is 0. The summed E-state index contributed by atoms with van der Waals surface area (Å²) in [6.07, 6.45) is 8.35. The van der Waals surface area contributed by atoms with E-state index in [9.17, 15) is 0 Å². The molecule has 0 radical (unpaired) electrons. The van der Waals surface area contributed by atoms with Gasteiger partial charge in [0.15, 0.2) is 0 Å². The minimum atomic E-state index is 0.0879. The summed E-state index contributed by atoms with van der Waals surface area (Å²) in [5, 5.41) is 8.61. The van der Waals surface area contributed by atoms with Crippen molar-refractivity contribution in [3.8, 4) is 12.3 Å². The molecule has 0 rings (SSSR count). The zero-order valence-electron chi connectivity index (χ0n) is 5.93. The van der Waals surface area contributed by atoms with Gasteiger partial charge in [0.05, 0.1) is 6.61 Å². The summed E-state index contributed by atoms with van der Waals surface area (Å²) in [5.74, 6) is 2.62. The van der Waals surface area contributed by atoms with Gasteiger partial charge in [-0.1, -0.05) is 19.8 Å². The molecule has 0 aliphatic rings. The van der Waals surface area contributed by atoms with Crippen LogP contribution in [0.2, 0.25) is 0 Å². The number of terminal acetylenes is 1. The maximum atomic E-state index is 8.61. The Bertz CT molecular complexity index is 91.2. The Morgan fingerprint density at radius 3 is 2.67 bits per heavy atom. The van der Waals surface area contributed by atoms with E-state index in [0.29, 0.717) is 0 Å². The largest absolute Gasteiger partial charge is 0.395 e. The van der Waals surface area contributed by atoms with E-state index in [1.54, 1.807) is 0 Å². The van der Waals surface area contributed by atoms with Gasteiger partial charge in [-0.05, 0) is 6.42 Å². The molecule has 0 aliphatic heterocycles. The summed E-state index contributed by atoms with van der Waals surface area (Å²) >= 11 is 0. The Kier molecular flexibility index (Phi) is 5.35. The maximum absolute atomic E-state index is 8.61. The van der Waals surface area contributed by atoms with Crippen molar-refractivity contribution in [2.45, 2.75) is 26.2 Å². The third-order valence-corrected chi connectivity index (χ3v) is 1.36. The Labute approximate surface area is 57.1 Å². The lowest BCUT2D eigenvalue weighted by atomic mass is 10.0. The van der Waals surface area contributed by atoms with Gasteiger partial charge >= 0.3 is 0 Å². The number of hydrogen-bond acceptors (Lipinski definition) is 1. The van der Waals surface area contributed by atoms with Crippen LogP contribution in [0.1, 0.15) is 26.2 Å². The van der Waals surface area contributed by atoms with Crippen molar-refractivity contribution >= 4 is 0 Å². The third kappa shape index (κ3) is 4.05. The van der Waals surface area contributed by atoms with E-state index in [4.69, 9.17) is 11.5 Å². The molecule has 1 unspecified atom stereocenters. The van der Waals surface area contributed by atoms with E-state index < -0.39 is 0 Å². The smallest absolute Gasteiger partial charge is 0.0568 e. The molecule has 0 aromatic heterocycles. The molecule has 0 bridgehead atoms. The number of aliphatic hydroxyl groups is 1. The topological polar surface area (TPSA) is 20.2 Å². The van der Waals surface area contributed by atoms with E-state index in [0.717, 1.165) is 19.3 Å². The molecule has 0 spiro atoms.